The van der Waals surface area contributed by atoms with Crippen molar-refractivity contribution in [2.45, 2.75) is 40.2 Å². The molecule has 0 saturated heterocycles. The summed E-state index contributed by atoms with van der Waals surface area (Å²) in [6.07, 6.45) is 4.79. The smallest absolute Gasteiger partial charge is 0.326 e. The third-order valence-corrected chi connectivity index (χ3v) is 5.35. The number of rotatable bonds is 7. The van der Waals surface area contributed by atoms with Gasteiger partial charge in [0.15, 0.2) is 0 Å². The molecule has 186 valence electrons. The molecule has 36 heavy (non-hydrogen) atoms. The van der Waals surface area contributed by atoms with Crippen LogP contribution in [-0.4, -0.2) is 21.4 Å². The van der Waals surface area contributed by atoms with Gasteiger partial charge >= 0.3 is 5.69 Å². The molecule has 0 radical (unpaired) electrons. The fourth-order valence-electron chi connectivity index (χ4n) is 3.50. The van der Waals surface area contributed by atoms with E-state index in [0.29, 0.717) is 34.4 Å². The van der Waals surface area contributed by atoms with Crippen LogP contribution >= 0.6 is 11.6 Å². The summed E-state index contributed by atoms with van der Waals surface area (Å²) in [5.74, 6) is 1.40. The van der Waals surface area contributed by atoms with Gasteiger partial charge in [-0.05, 0) is 56.2 Å². The number of nitrogens with one attached hydrogen (secondary N) is 3. The Labute approximate surface area is 213 Å². The summed E-state index contributed by atoms with van der Waals surface area (Å²) in [5, 5.41) is 14.9. The van der Waals surface area contributed by atoms with Crippen LogP contribution in [0, 0.1) is 29.6 Å². The molecule has 9 nitrogen and oxygen atoms in total. The third-order valence-electron chi connectivity index (χ3n) is 5.04. The van der Waals surface area contributed by atoms with Crippen LogP contribution in [0.25, 0.3) is 10.9 Å². The van der Waals surface area contributed by atoms with Gasteiger partial charge in [-0.1, -0.05) is 18.5 Å². The van der Waals surface area contributed by atoms with Gasteiger partial charge in [-0.25, -0.2) is 4.79 Å². The highest BCUT2D eigenvalue weighted by Gasteiger charge is 2.15. The van der Waals surface area contributed by atoms with Gasteiger partial charge in [-0.15, -0.1) is 12.3 Å². The van der Waals surface area contributed by atoms with E-state index in [1.165, 1.54) is 22.8 Å². The number of hydrogen-bond acceptors (Lipinski definition) is 5. The quantitative estimate of drug-likeness (QED) is 0.417. The molecular weight excluding hydrogens is 482 g/mol. The Balaban J connectivity index is 0.00000145. The summed E-state index contributed by atoms with van der Waals surface area (Å²) < 4.78 is 1.43. The van der Waals surface area contributed by atoms with E-state index in [1.54, 1.807) is 39.0 Å². The van der Waals surface area contributed by atoms with Gasteiger partial charge in [-0.2, -0.15) is 5.26 Å². The van der Waals surface area contributed by atoms with Crippen LogP contribution in [-0.2, 0) is 16.1 Å². The van der Waals surface area contributed by atoms with Crippen LogP contribution in [0.3, 0.4) is 0 Å². The zero-order valence-electron chi connectivity index (χ0n) is 20.1. The topological polar surface area (TPSA) is 137 Å². The summed E-state index contributed by atoms with van der Waals surface area (Å²) >= 11 is 5.97. The van der Waals surface area contributed by atoms with Gasteiger partial charge in [0.2, 0.25) is 11.8 Å². The lowest BCUT2D eigenvalue weighted by Gasteiger charge is -2.13. The Hall–Kier alpha value is -4.34. The minimum atomic E-state index is -0.524. The standard InChI is InChI=1S/C23H22ClN5O4.C3H4/c1-3-29-19-7-6-15(10-17(19)22(32)28-23(29)33)26-20(30)8-13(2)9-21(31)27-16-5-4-14(12-25)18(24)11-16;1-3-2/h4-7,10-11,13H,3,8-9H2,1-2H3,(H,26,30)(H,27,31)(H,28,32,33);1H,2H3. The average Bonchev–Trinajstić information content (AvgIpc) is 2.80. The maximum Gasteiger partial charge on any atom is 0.328 e. The lowest BCUT2D eigenvalue weighted by atomic mass is 10.0. The highest BCUT2D eigenvalue weighted by atomic mass is 35.5. The number of H-pyrrole nitrogens is 1. The minimum absolute atomic E-state index is 0.0877. The molecule has 2 aromatic carbocycles. The molecule has 0 fully saturated rings. The van der Waals surface area contributed by atoms with Crippen LogP contribution in [0.4, 0.5) is 11.4 Å². The largest absolute Gasteiger partial charge is 0.328 e. The fourth-order valence-corrected chi connectivity index (χ4v) is 3.72. The van der Waals surface area contributed by atoms with Gasteiger partial charge < -0.3 is 10.6 Å². The zero-order valence-corrected chi connectivity index (χ0v) is 20.9. The predicted molar refractivity (Wildman–Crippen MR) is 141 cm³/mol. The van der Waals surface area contributed by atoms with Crippen molar-refractivity contribution < 1.29 is 9.59 Å². The van der Waals surface area contributed by atoms with Crippen molar-refractivity contribution in [2.75, 3.05) is 10.6 Å². The molecule has 0 bridgehead atoms. The molecule has 0 aliphatic carbocycles. The van der Waals surface area contributed by atoms with Crippen molar-refractivity contribution in [3.8, 4) is 18.4 Å². The van der Waals surface area contributed by atoms with E-state index in [9.17, 15) is 19.2 Å². The second kappa shape index (κ2) is 12.9. The molecule has 0 aliphatic heterocycles. The summed E-state index contributed by atoms with van der Waals surface area (Å²) in [4.78, 5) is 51.1. The molecule has 2 amide bonds. The Morgan fingerprint density at radius 2 is 1.67 bits per heavy atom. The molecule has 0 aliphatic rings. The number of carbonyl (C=O) groups excluding carboxylic acids is 2. The van der Waals surface area contributed by atoms with E-state index in [0.717, 1.165) is 0 Å². The van der Waals surface area contributed by atoms with Crippen molar-refractivity contribution >= 4 is 45.7 Å². The monoisotopic (exact) mass is 507 g/mol. The van der Waals surface area contributed by atoms with Gasteiger partial charge in [0.25, 0.3) is 5.56 Å². The molecule has 0 spiro atoms. The Kier molecular flexibility index (Phi) is 10.0. The van der Waals surface area contributed by atoms with Gasteiger partial charge in [0.1, 0.15) is 6.07 Å². The molecule has 10 heteroatoms. The fraction of sp³-hybridized carbons (Fsp3) is 0.269. The number of anilines is 2. The number of fused-ring (bicyclic) bond motifs is 1. The van der Waals surface area contributed by atoms with E-state index < -0.39 is 11.2 Å². The first-order chi connectivity index (χ1) is 17.1. The number of halogens is 1. The van der Waals surface area contributed by atoms with Crippen molar-refractivity contribution in [3.05, 3.63) is 67.8 Å². The van der Waals surface area contributed by atoms with Crippen molar-refractivity contribution in [2.24, 2.45) is 5.92 Å². The molecule has 1 aromatic heterocycles. The normalized spacial score (nSPS) is 10.8. The molecular formula is C26H26ClN5O4. The van der Waals surface area contributed by atoms with Gasteiger partial charge in [0.05, 0.1) is 21.5 Å². The third kappa shape index (κ3) is 7.33. The number of aromatic amines is 1. The van der Waals surface area contributed by atoms with E-state index in [1.807, 2.05) is 6.07 Å². The van der Waals surface area contributed by atoms with E-state index in [4.69, 9.17) is 16.9 Å². The van der Waals surface area contributed by atoms with Gasteiger partial charge in [-0.3, -0.25) is 23.9 Å². The number of terminal acetylenes is 1. The molecule has 1 unspecified atom stereocenters. The highest BCUT2D eigenvalue weighted by molar-refractivity contribution is 6.32. The lowest BCUT2D eigenvalue weighted by Crippen LogP contribution is -2.29. The van der Waals surface area contributed by atoms with Crippen molar-refractivity contribution in [3.63, 3.8) is 0 Å². The van der Waals surface area contributed by atoms with Crippen molar-refractivity contribution in [1.82, 2.24) is 9.55 Å². The van der Waals surface area contributed by atoms with Crippen LogP contribution in [0.15, 0.2) is 46.0 Å². The summed E-state index contributed by atoms with van der Waals surface area (Å²) in [6, 6.07) is 11.3. The predicted octanol–water partition coefficient (Wildman–Crippen LogP) is 3.87. The molecule has 3 rings (SSSR count). The summed E-state index contributed by atoms with van der Waals surface area (Å²) in [6.45, 7) is 5.62. The number of aromatic nitrogens is 2. The van der Waals surface area contributed by atoms with E-state index in [2.05, 4.69) is 28.0 Å². The van der Waals surface area contributed by atoms with E-state index >= 15 is 0 Å². The molecule has 3 aromatic rings. The zero-order chi connectivity index (χ0) is 26.8. The summed E-state index contributed by atoms with van der Waals surface area (Å²) in [7, 11) is 0. The second-order valence-corrected chi connectivity index (χ2v) is 8.35. The molecule has 0 saturated carbocycles. The number of hydrogen-bond donors (Lipinski definition) is 3. The number of benzene rings is 2. The highest BCUT2D eigenvalue weighted by Crippen LogP contribution is 2.21. The molecule has 1 atom stereocenters. The first-order valence-corrected chi connectivity index (χ1v) is 11.4. The number of amides is 2. The number of nitrogens with zero attached hydrogens (tertiary/aromatic N) is 2. The van der Waals surface area contributed by atoms with Crippen molar-refractivity contribution in [1.29, 1.82) is 5.26 Å². The van der Waals surface area contributed by atoms with Crippen LogP contribution < -0.4 is 21.9 Å². The lowest BCUT2D eigenvalue weighted by molar-refractivity contribution is -0.118. The number of nitriles is 1. The Morgan fingerprint density at radius 1 is 1.11 bits per heavy atom. The first kappa shape index (κ1) is 27.9. The second-order valence-electron chi connectivity index (χ2n) is 7.94. The Bertz CT molecular complexity index is 1480. The van der Waals surface area contributed by atoms with Crippen LogP contribution in [0.2, 0.25) is 5.02 Å². The maximum absolute atomic E-state index is 12.4. The van der Waals surface area contributed by atoms with E-state index in [-0.39, 0.29) is 35.6 Å². The minimum Gasteiger partial charge on any atom is -0.326 e. The molecule has 3 N–H and O–H groups in total. The van der Waals surface area contributed by atoms with Crippen LogP contribution in [0.5, 0.6) is 0 Å². The SMILES string of the molecule is C#CC.CCn1c(=O)[nH]c(=O)c2cc(NC(=O)CC(C)CC(=O)Nc3ccc(C#N)c(Cl)c3)ccc21. The number of carbonyl (C=O) groups is 2. The molecule has 1 heterocycles. The average molecular weight is 508 g/mol. The first-order valence-electron chi connectivity index (χ1n) is 11.1. The summed E-state index contributed by atoms with van der Waals surface area (Å²) in [5.41, 5.74) is 0.673. The number of aryl methyl sites for hydroxylation is 1. The maximum atomic E-state index is 12.4. The van der Waals surface area contributed by atoms with Crippen LogP contribution in [0.1, 0.15) is 39.2 Å². The van der Waals surface area contributed by atoms with Gasteiger partial charge in [0, 0.05) is 30.8 Å². The Morgan fingerprint density at radius 3 is 2.19 bits per heavy atom.